The number of carboxylic acids is 1. The Morgan fingerprint density at radius 2 is 1.07 bits per heavy atom. The number of phenolic OH excluding ortho intramolecular Hbond substituents is 1. The van der Waals surface area contributed by atoms with Gasteiger partial charge in [0.05, 0.1) is 31.4 Å². The summed E-state index contributed by atoms with van der Waals surface area (Å²) in [5.74, 6) is -18.4. The average Bonchev–Trinajstić information content (AvgIpc) is 1.66. The lowest BCUT2D eigenvalue weighted by molar-refractivity contribution is -0.145. The number of primary amides is 2. The lowest BCUT2D eigenvalue weighted by Crippen LogP contribution is -2.61. The van der Waals surface area contributed by atoms with E-state index in [4.69, 9.17) is 17.2 Å². The third kappa shape index (κ3) is 27.9. The number of para-hydroxylation sites is 2. The maximum atomic E-state index is 15.5. The number of carbonyl (C=O) groups excluding carboxylic acids is 17. The monoisotopic (exact) mass is 1850 g/mol. The number of aromatic amines is 1. The number of hydrogen-bond donors (Lipinski definition) is 17. The van der Waals surface area contributed by atoms with Crippen molar-refractivity contribution in [2.45, 2.75) is 236 Å². The number of aliphatic hydroxyl groups excluding tert-OH is 1. The Bertz CT molecular complexity index is 5040. The maximum absolute atomic E-state index is 15.5. The average molecular weight is 1860 g/mol. The van der Waals surface area contributed by atoms with Crippen molar-refractivity contribution in [2.24, 2.45) is 35.0 Å². The number of nitrogens with two attached hydrogens (primary N) is 3. The van der Waals surface area contributed by atoms with Crippen LogP contribution in [-0.4, -0.2) is 305 Å². The van der Waals surface area contributed by atoms with Gasteiger partial charge < -0.3 is 120 Å². The number of H-pyrrole nitrogens is 1. The van der Waals surface area contributed by atoms with Crippen molar-refractivity contribution < 1.29 is 102 Å². The fraction of sp³-hybridized carbons (Fsp3) is 0.556. The number of carboxylic acid groups (broad SMARTS) is 1. The first kappa shape index (κ1) is 103. The number of carbonyl (C=O) groups is 18. The van der Waals surface area contributed by atoms with Gasteiger partial charge in [-0.1, -0.05) is 103 Å². The van der Waals surface area contributed by atoms with E-state index in [1.54, 1.807) is 103 Å². The second-order valence-corrected chi connectivity index (χ2v) is 36.5. The molecule has 132 heavy (non-hydrogen) atoms. The summed E-state index contributed by atoms with van der Waals surface area (Å²) >= 11 is 0.826. The molecular weight excluding hydrogens is 1730 g/mol. The van der Waals surface area contributed by atoms with Gasteiger partial charge in [-0.25, -0.2) is 0 Å². The lowest BCUT2D eigenvalue weighted by atomic mass is 9.98. The molecule has 0 aliphatic carbocycles. The summed E-state index contributed by atoms with van der Waals surface area (Å²) in [6, 6.07) is 0.0752. The molecule has 4 saturated heterocycles. The molecule has 0 saturated carbocycles. The number of hydrogen-bond acceptors (Lipinski definition) is 22. The molecule has 17 amide bonds. The minimum absolute atomic E-state index is 0.0231. The summed E-state index contributed by atoms with van der Waals surface area (Å²) in [6.07, 6.45) is 0.0435. The van der Waals surface area contributed by atoms with Crippen molar-refractivity contribution in [3.8, 4) is 5.75 Å². The number of thioether (sulfide) groups is 1. The molecule has 14 atom stereocenters. The van der Waals surface area contributed by atoms with Crippen molar-refractivity contribution in [1.29, 1.82) is 0 Å². The van der Waals surface area contributed by atoms with E-state index in [-0.39, 0.29) is 139 Å². The zero-order chi connectivity index (χ0) is 96.6. The SMILES string of the molecule is CCC[C@H]1NC(=O)[C@H](Cc2cn(CC(=O)O)c3ccccc23)NC(=O)[C@H](CCN)NC(=O)[C@H](Cc2c[nH]c3ccccc23)NC(=O)[C@@H]2C[C@@H](O)CN2C(=O)[C@H](CC(C)C)NC(=O)CNC(=O)[C@H]2CCCN2C(=O)[C@@H](CC(N)=O)NC(=O)[C@@H]2CCCN2C(=O)[C@H](Cc2ccc(O)cc2)NC(=O)CSC[C@@H](C(=O)NCC(N)=O)N(C)C(=O)[C@H](CC(C)C)NC(=O)[C@@H](CC(C)C)N(C)C1=O. The number of fused-ring (bicyclic) bond motifs is 5. The van der Waals surface area contributed by atoms with Crippen LogP contribution in [0.1, 0.15) is 142 Å². The van der Waals surface area contributed by atoms with E-state index in [1.165, 1.54) is 54.0 Å². The topological polar surface area (TPSA) is 603 Å². The fourth-order valence-electron chi connectivity index (χ4n) is 17.3. The second-order valence-electron chi connectivity index (χ2n) is 35.5. The van der Waals surface area contributed by atoms with Crippen LogP contribution in [0.2, 0.25) is 0 Å². The van der Waals surface area contributed by atoms with Crippen LogP contribution in [0.3, 0.4) is 0 Å². The first-order valence-corrected chi connectivity index (χ1v) is 45.9. The fourth-order valence-corrected chi connectivity index (χ4v) is 18.2. The molecule has 41 nitrogen and oxygen atoms in total. The van der Waals surface area contributed by atoms with Gasteiger partial charge in [-0.15, -0.1) is 11.8 Å². The van der Waals surface area contributed by atoms with E-state index in [9.17, 15) is 58.5 Å². The van der Waals surface area contributed by atoms with Crippen LogP contribution in [0.25, 0.3) is 21.8 Å². The second kappa shape index (κ2) is 47.9. The highest BCUT2D eigenvalue weighted by atomic mass is 32.2. The highest BCUT2D eigenvalue weighted by molar-refractivity contribution is 8.00. The van der Waals surface area contributed by atoms with Gasteiger partial charge in [-0.3, -0.25) is 86.3 Å². The van der Waals surface area contributed by atoms with Crippen LogP contribution in [0.4, 0.5) is 0 Å². The summed E-state index contributed by atoms with van der Waals surface area (Å²) in [5, 5.41) is 59.6. The third-order valence-corrected chi connectivity index (χ3v) is 24.8. The predicted octanol–water partition coefficient (Wildman–Crippen LogP) is -1.96. The molecule has 718 valence electrons. The molecular formula is C90H126N20O21S. The summed E-state index contributed by atoms with van der Waals surface area (Å²) in [4.78, 5) is 270. The molecule has 5 aromatic rings. The molecule has 0 radical (unpaired) electrons. The summed E-state index contributed by atoms with van der Waals surface area (Å²) < 4.78 is 1.43. The van der Waals surface area contributed by atoms with Crippen molar-refractivity contribution >= 4 is 140 Å². The summed E-state index contributed by atoms with van der Waals surface area (Å²) in [6.45, 7) is 9.51. The van der Waals surface area contributed by atoms with E-state index in [0.29, 0.717) is 38.5 Å². The molecule has 6 heterocycles. The quantitative estimate of drug-likeness (QED) is 0.0338. The first-order valence-electron chi connectivity index (χ1n) is 44.7. The van der Waals surface area contributed by atoms with Gasteiger partial charge in [0.1, 0.15) is 90.8 Å². The van der Waals surface area contributed by atoms with Crippen molar-refractivity contribution in [3.05, 3.63) is 102 Å². The molecule has 42 heteroatoms. The highest BCUT2D eigenvalue weighted by Crippen LogP contribution is 2.29. The standard InChI is InChI=1S/C90H126N20O21S/c1-10-17-60-86(127)105(8)70(34-50(6)7)84(125)103-63(32-48(2)3)87(128)106(9)72(82(123)95-41-74(93)114)46-132-47-76(116)98-65(35-51-24-26-54(111)27-25-51)88(129)109-31-16-23-69(109)83(124)104-66(39-73(92)113)89(130)108-30-15-22-68(108)81(122)96-42-75(115)97-64(33-49(4)5)90(131)110-44-55(112)38-71(110)85(126)102-61(36-52-40-94-58-20-13-11-18-56(52)58)79(120)99-59(28-29-91)78(119)101-62(80(121)100-60)37-53-43-107(45-77(117)118)67-21-14-12-19-57(53)67/h11-14,18-21,24-27,40,43,48-50,55,59-66,68-72,94,111-112H,10,15-17,22-23,28-39,41-42,44-47,91H2,1-9H3,(H2,92,113)(H2,93,114)(H,95,123)(H,96,122)(H,97,115)(H,98,116)(H,99,120)(H,100,121)(H,101,119)(H,102,126)(H,103,125)(H,104,124)(H,117,118)/t55-,59+,60-,61+,62+,63+,64+,65+,66-,68-,69+,70-,71+,72+/m1/s1. The van der Waals surface area contributed by atoms with Crippen LogP contribution < -0.4 is 70.4 Å². The van der Waals surface area contributed by atoms with Gasteiger partial charge in [0, 0.05) is 99.4 Å². The van der Waals surface area contributed by atoms with Gasteiger partial charge in [0.2, 0.25) is 100 Å². The molecule has 20 N–H and O–H groups in total. The van der Waals surface area contributed by atoms with Crippen LogP contribution in [0.5, 0.6) is 5.75 Å². The van der Waals surface area contributed by atoms with Gasteiger partial charge in [-0.05, 0) is 123 Å². The molecule has 2 aromatic heterocycles. The molecule has 0 bridgehead atoms. The van der Waals surface area contributed by atoms with Crippen LogP contribution in [-0.2, 0) is 112 Å². The largest absolute Gasteiger partial charge is 0.508 e. The minimum Gasteiger partial charge on any atom is -0.508 e. The zero-order valence-electron chi connectivity index (χ0n) is 75.9. The van der Waals surface area contributed by atoms with E-state index in [0.717, 1.165) is 31.4 Å². The normalized spacial score (nSPS) is 25.0. The van der Waals surface area contributed by atoms with E-state index in [2.05, 4.69) is 58.2 Å². The lowest BCUT2D eigenvalue weighted by Gasteiger charge is -2.35. The number of rotatable bonds is 23. The number of nitrogens with zero attached hydrogens (tertiary/aromatic N) is 6. The number of aliphatic carboxylic acids is 1. The number of likely N-dealkylation sites (N-methyl/N-ethyl adjacent to an activating group) is 2. The number of benzene rings is 3. The molecule has 0 unspecified atom stereocenters. The molecule has 9 rings (SSSR count). The molecule has 0 spiro atoms. The van der Waals surface area contributed by atoms with Gasteiger partial charge in [-0.2, -0.15) is 0 Å². The number of amides is 17. The Hall–Kier alpha value is -12.7. The Kier molecular flexibility index (Phi) is 37.4. The maximum Gasteiger partial charge on any atom is 0.323 e. The van der Waals surface area contributed by atoms with E-state index < -0.39 is 229 Å². The van der Waals surface area contributed by atoms with Crippen molar-refractivity contribution in [1.82, 2.24) is 87.2 Å². The summed E-state index contributed by atoms with van der Waals surface area (Å²) in [7, 11) is 2.60. The third-order valence-electron chi connectivity index (χ3n) is 23.8. The van der Waals surface area contributed by atoms with Crippen molar-refractivity contribution in [2.75, 3.05) is 64.9 Å². The van der Waals surface area contributed by atoms with Crippen LogP contribution >= 0.6 is 11.8 Å². The van der Waals surface area contributed by atoms with E-state index in [1.807, 2.05) is 0 Å². The molecule has 4 aliphatic heterocycles. The van der Waals surface area contributed by atoms with Gasteiger partial charge in [0.15, 0.2) is 0 Å². The highest BCUT2D eigenvalue weighted by Gasteiger charge is 2.47. The number of nitrogens with one attached hydrogen (secondary N) is 11. The predicted molar refractivity (Wildman–Crippen MR) is 485 cm³/mol. The molecule has 3 aromatic carbocycles. The number of aromatic nitrogens is 2. The molecule has 4 aliphatic rings. The van der Waals surface area contributed by atoms with Crippen LogP contribution in [0.15, 0.2) is 85.2 Å². The minimum atomic E-state index is -1.71. The smallest absolute Gasteiger partial charge is 0.323 e. The van der Waals surface area contributed by atoms with E-state index >= 15 is 43.2 Å². The summed E-state index contributed by atoms with van der Waals surface area (Å²) in [5.41, 5.74) is 19.8. The Balaban J connectivity index is 1.09. The van der Waals surface area contributed by atoms with Crippen LogP contribution in [0, 0.1) is 17.8 Å². The first-order chi connectivity index (χ1) is 62.6. The zero-order valence-corrected chi connectivity index (χ0v) is 76.7. The number of aromatic hydroxyl groups is 1. The van der Waals surface area contributed by atoms with Crippen molar-refractivity contribution in [3.63, 3.8) is 0 Å². The Morgan fingerprint density at radius 3 is 1.68 bits per heavy atom. The Labute approximate surface area is 768 Å². The number of phenols is 1. The van der Waals surface area contributed by atoms with Gasteiger partial charge in [0.25, 0.3) is 0 Å². The molecule has 4 fully saturated rings. The number of aliphatic hydroxyl groups is 1. The Morgan fingerprint density at radius 1 is 0.538 bits per heavy atom. The van der Waals surface area contributed by atoms with Gasteiger partial charge >= 0.3 is 5.97 Å².